The highest BCUT2D eigenvalue weighted by Crippen LogP contribution is 2.14. The molecule has 0 aliphatic heterocycles. The quantitative estimate of drug-likeness (QED) is 0.582. The van der Waals surface area contributed by atoms with E-state index < -0.39 is 0 Å². The third kappa shape index (κ3) is 5.60. The Hall–Kier alpha value is -2.86. The molecule has 0 aliphatic carbocycles. The fourth-order valence-corrected chi connectivity index (χ4v) is 2.79. The summed E-state index contributed by atoms with van der Waals surface area (Å²) in [5.74, 6) is 1.45. The van der Waals surface area contributed by atoms with Crippen molar-refractivity contribution in [2.24, 2.45) is 0 Å². The van der Waals surface area contributed by atoms with Crippen LogP contribution < -0.4 is 14.8 Å². The van der Waals surface area contributed by atoms with Gasteiger partial charge in [0.2, 0.25) is 0 Å². The zero-order chi connectivity index (χ0) is 18.0. The Morgan fingerprint density at radius 1 is 1.00 bits per heavy atom. The highest BCUT2D eigenvalue weighted by atomic mass is 32.1. The average Bonchev–Trinajstić information content (AvgIpc) is 3.21. The van der Waals surface area contributed by atoms with E-state index in [-0.39, 0.29) is 5.91 Å². The van der Waals surface area contributed by atoms with Crippen molar-refractivity contribution in [3.8, 4) is 11.5 Å². The highest BCUT2D eigenvalue weighted by molar-refractivity contribution is 7.07. The summed E-state index contributed by atoms with van der Waals surface area (Å²) in [6.07, 6.45) is 0.746. The molecule has 3 rings (SSSR count). The van der Waals surface area contributed by atoms with Gasteiger partial charge in [-0.05, 0) is 42.8 Å². The molecule has 0 saturated carbocycles. The zero-order valence-electron chi connectivity index (χ0n) is 14.3. The molecule has 6 heteroatoms. The number of nitrogens with zero attached hydrogens (tertiary/aromatic N) is 1. The van der Waals surface area contributed by atoms with E-state index in [9.17, 15) is 4.79 Å². The van der Waals surface area contributed by atoms with Gasteiger partial charge in [-0.25, -0.2) is 4.98 Å². The van der Waals surface area contributed by atoms with Crippen LogP contribution in [-0.2, 0) is 6.61 Å². The number of para-hydroxylation sites is 1. The molecule has 0 saturated heterocycles. The molecule has 0 aliphatic rings. The van der Waals surface area contributed by atoms with Gasteiger partial charge in [-0.15, -0.1) is 11.3 Å². The van der Waals surface area contributed by atoms with Gasteiger partial charge >= 0.3 is 0 Å². The Labute approximate surface area is 156 Å². The van der Waals surface area contributed by atoms with Crippen LogP contribution in [0.1, 0.15) is 22.5 Å². The Balaban J connectivity index is 1.36. The molecule has 3 aromatic rings. The smallest absolute Gasteiger partial charge is 0.251 e. The van der Waals surface area contributed by atoms with Crippen molar-refractivity contribution in [2.45, 2.75) is 13.0 Å². The minimum atomic E-state index is -0.101. The van der Waals surface area contributed by atoms with Gasteiger partial charge in [0.25, 0.3) is 5.91 Å². The second kappa shape index (κ2) is 9.58. The van der Waals surface area contributed by atoms with Gasteiger partial charge in [0.15, 0.2) is 0 Å². The van der Waals surface area contributed by atoms with Gasteiger partial charge in [0.05, 0.1) is 17.8 Å². The minimum Gasteiger partial charge on any atom is -0.494 e. The summed E-state index contributed by atoms with van der Waals surface area (Å²) in [5.41, 5.74) is 3.28. The Morgan fingerprint density at radius 3 is 2.50 bits per heavy atom. The normalized spacial score (nSPS) is 10.3. The Morgan fingerprint density at radius 2 is 1.77 bits per heavy atom. The molecule has 0 bridgehead atoms. The van der Waals surface area contributed by atoms with E-state index in [1.165, 1.54) is 11.3 Å². The predicted octanol–water partition coefficient (Wildman–Crippen LogP) is 3.92. The molecule has 5 nitrogen and oxygen atoms in total. The average molecular weight is 368 g/mol. The lowest BCUT2D eigenvalue weighted by Gasteiger charge is -2.08. The summed E-state index contributed by atoms with van der Waals surface area (Å²) in [7, 11) is 0. The van der Waals surface area contributed by atoms with Crippen molar-refractivity contribution >= 4 is 17.2 Å². The lowest BCUT2D eigenvalue weighted by Crippen LogP contribution is -2.25. The van der Waals surface area contributed by atoms with Gasteiger partial charge in [-0.3, -0.25) is 4.79 Å². The first kappa shape index (κ1) is 17.9. The van der Waals surface area contributed by atoms with E-state index in [1.807, 2.05) is 35.7 Å². The SMILES string of the molecule is O=C(NCCCOc1ccccc1)c1ccc(OCc2cscn2)cc1. The van der Waals surface area contributed by atoms with Crippen LogP contribution in [0.2, 0.25) is 0 Å². The van der Waals surface area contributed by atoms with Crippen molar-refractivity contribution in [2.75, 3.05) is 13.2 Å². The van der Waals surface area contributed by atoms with Crippen LogP contribution in [0.3, 0.4) is 0 Å². The number of thiazole rings is 1. The van der Waals surface area contributed by atoms with E-state index in [1.54, 1.807) is 29.8 Å². The van der Waals surface area contributed by atoms with Crippen molar-refractivity contribution in [1.82, 2.24) is 10.3 Å². The third-order valence-corrected chi connectivity index (χ3v) is 4.24. The van der Waals surface area contributed by atoms with Crippen LogP contribution in [0.25, 0.3) is 0 Å². The monoisotopic (exact) mass is 368 g/mol. The first-order valence-electron chi connectivity index (χ1n) is 8.37. The molecular formula is C20H20N2O3S. The summed E-state index contributed by atoms with van der Waals surface area (Å²) >= 11 is 1.54. The Bertz CT molecular complexity index is 790. The minimum absolute atomic E-state index is 0.101. The van der Waals surface area contributed by atoms with Crippen LogP contribution in [0, 0.1) is 0 Å². The van der Waals surface area contributed by atoms with Gasteiger partial charge in [0, 0.05) is 17.5 Å². The number of amides is 1. The topological polar surface area (TPSA) is 60.5 Å². The molecule has 0 spiro atoms. The summed E-state index contributed by atoms with van der Waals surface area (Å²) in [4.78, 5) is 16.3. The molecule has 1 N–H and O–H groups in total. The summed E-state index contributed by atoms with van der Waals surface area (Å²) in [6, 6.07) is 16.7. The van der Waals surface area contributed by atoms with Gasteiger partial charge in [-0.2, -0.15) is 0 Å². The van der Waals surface area contributed by atoms with Crippen LogP contribution in [0.4, 0.5) is 0 Å². The fourth-order valence-electron chi connectivity index (χ4n) is 2.25. The van der Waals surface area contributed by atoms with E-state index >= 15 is 0 Å². The maximum Gasteiger partial charge on any atom is 0.251 e. The molecule has 0 unspecified atom stereocenters. The second-order valence-corrected chi connectivity index (χ2v) is 6.28. The second-order valence-electron chi connectivity index (χ2n) is 5.56. The molecule has 26 heavy (non-hydrogen) atoms. The van der Waals surface area contributed by atoms with Crippen LogP contribution in [-0.4, -0.2) is 24.0 Å². The van der Waals surface area contributed by atoms with Crippen molar-refractivity contribution in [1.29, 1.82) is 0 Å². The molecular weight excluding hydrogens is 348 g/mol. The van der Waals surface area contributed by atoms with E-state index in [0.29, 0.717) is 31.1 Å². The number of ether oxygens (including phenoxy) is 2. The first-order chi connectivity index (χ1) is 12.8. The van der Waals surface area contributed by atoms with Crippen LogP contribution in [0.15, 0.2) is 65.5 Å². The Kier molecular flexibility index (Phi) is 6.61. The molecule has 0 fully saturated rings. The molecule has 2 aromatic carbocycles. The van der Waals surface area contributed by atoms with Crippen LogP contribution in [0.5, 0.6) is 11.5 Å². The number of aromatic nitrogens is 1. The first-order valence-corrected chi connectivity index (χ1v) is 9.31. The maximum atomic E-state index is 12.1. The molecule has 0 atom stereocenters. The zero-order valence-corrected chi connectivity index (χ0v) is 15.1. The van der Waals surface area contributed by atoms with E-state index in [0.717, 1.165) is 17.9 Å². The lowest BCUT2D eigenvalue weighted by atomic mass is 10.2. The number of benzene rings is 2. The maximum absolute atomic E-state index is 12.1. The van der Waals surface area contributed by atoms with Gasteiger partial charge < -0.3 is 14.8 Å². The number of hydrogen-bond acceptors (Lipinski definition) is 5. The van der Waals surface area contributed by atoms with E-state index in [4.69, 9.17) is 9.47 Å². The van der Waals surface area contributed by atoms with Crippen LogP contribution >= 0.6 is 11.3 Å². The van der Waals surface area contributed by atoms with Crippen molar-refractivity contribution in [3.63, 3.8) is 0 Å². The number of rotatable bonds is 9. The summed E-state index contributed by atoms with van der Waals surface area (Å²) < 4.78 is 11.2. The largest absolute Gasteiger partial charge is 0.494 e. The lowest BCUT2D eigenvalue weighted by molar-refractivity contribution is 0.0951. The molecule has 134 valence electrons. The standard InChI is InChI=1S/C20H20N2O3S/c23-20(21-11-4-12-24-18-5-2-1-3-6-18)16-7-9-19(10-8-16)25-13-17-14-26-15-22-17/h1-3,5-10,14-15H,4,11-13H2,(H,21,23). The molecule has 0 radical (unpaired) electrons. The van der Waals surface area contributed by atoms with Crippen molar-refractivity contribution in [3.05, 3.63) is 76.7 Å². The summed E-state index contributed by atoms with van der Waals surface area (Å²) in [6.45, 7) is 1.55. The van der Waals surface area contributed by atoms with E-state index in [2.05, 4.69) is 10.3 Å². The third-order valence-electron chi connectivity index (χ3n) is 3.61. The number of nitrogens with one attached hydrogen (secondary N) is 1. The summed E-state index contributed by atoms with van der Waals surface area (Å²) in [5, 5.41) is 4.84. The molecule has 1 heterocycles. The fraction of sp³-hybridized carbons (Fsp3) is 0.200. The molecule has 1 amide bonds. The number of carbonyl (C=O) groups is 1. The highest BCUT2D eigenvalue weighted by Gasteiger charge is 2.05. The number of carbonyl (C=O) groups excluding carboxylic acids is 1. The number of hydrogen-bond donors (Lipinski definition) is 1. The van der Waals surface area contributed by atoms with Gasteiger partial charge in [0.1, 0.15) is 18.1 Å². The van der Waals surface area contributed by atoms with Crippen molar-refractivity contribution < 1.29 is 14.3 Å². The van der Waals surface area contributed by atoms with Gasteiger partial charge in [-0.1, -0.05) is 18.2 Å². The predicted molar refractivity (Wildman–Crippen MR) is 102 cm³/mol. The molecule has 1 aromatic heterocycles.